The largest absolute Gasteiger partial charge is 0.403 e. The molecule has 1 atom stereocenters. The molecule has 0 heterocycles. The van der Waals surface area contributed by atoms with E-state index in [1.165, 1.54) is 0 Å². The van der Waals surface area contributed by atoms with Crippen LogP contribution in [0.15, 0.2) is 6.07 Å². The van der Waals surface area contributed by atoms with Gasteiger partial charge in [0.1, 0.15) is 6.04 Å². The van der Waals surface area contributed by atoms with E-state index < -0.39 is 47.5 Å². The van der Waals surface area contributed by atoms with Crippen LogP contribution in [0.1, 0.15) is 5.56 Å². The Balaban J connectivity index is 3.15. The standard InChI is InChI=1S/C9H6F7N/c10-4-2-5(11)8(13)3(7(4)12)1-6(17)9(14,15)16/h2,6H,1,17H2. The Morgan fingerprint density at radius 1 is 1.00 bits per heavy atom. The van der Waals surface area contributed by atoms with Crippen molar-refractivity contribution >= 4 is 0 Å². The minimum absolute atomic E-state index is 0.0900. The second-order valence-corrected chi connectivity index (χ2v) is 3.30. The van der Waals surface area contributed by atoms with Crippen molar-refractivity contribution in [2.75, 3.05) is 0 Å². The Bertz CT molecular complexity index is 400. The second-order valence-electron chi connectivity index (χ2n) is 3.30. The molecule has 0 bridgehead atoms. The molecule has 0 radical (unpaired) electrons. The first-order chi connectivity index (χ1) is 7.64. The monoisotopic (exact) mass is 261 g/mol. The molecule has 17 heavy (non-hydrogen) atoms. The predicted octanol–water partition coefficient (Wildman–Crippen LogP) is 2.68. The van der Waals surface area contributed by atoms with Crippen LogP contribution in [-0.2, 0) is 6.42 Å². The van der Waals surface area contributed by atoms with Crippen molar-refractivity contribution in [3.05, 3.63) is 34.9 Å². The Kier molecular flexibility index (Phi) is 3.65. The number of nitrogens with two attached hydrogens (primary N) is 1. The van der Waals surface area contributed by atoms with Crippen LogP contribution in [0.5, 0.6) is 0 Å². The van der Waals surface area contributed by atoms with Crippen LogP contribution in [0.4, 0.5) is 30.7 Å². The van der Waals surface area contributed by atoms with Crippen molar-refractivity contribution in [2.24, 2.45) is 5.73 Å². The molecular weight excluding hydrogens is 255 g/mol. The Morgan fingerprint density at radius 3 is 1.76 bits per heavy atom. The number of benzene rings is 1. The maximum atomic E-state index is 13.0. The molecule has 1 unspecified atom stereocenters. The van der Waals surface area contributed by atoms with Crippen LogP contribution in [-0.4, -0.2) is 12.2 Å². The number of halogens is 7. The van der Waals surface area contributed by atoms with E-state index in [-0.39, 0.29) is 6.07 Å². The van der Waals surface area contributed by atoms with Crippen LogP contribution < -0.4 is 5.73 Å². The molecule has 1 aromatic rings. The summed E-state index contributed by atoms with van der Waals surface area (Å²) in [4.78, 5) is 0. The molecule has 2 N–H and O–H groups in total. The van der Waals surface area contributed by atoms with Crippen molar-refractivity contribution < 1.29 is 30.7 Å². The first-order valence-corrected chi connectivity index (χ1v) is 4.28. The fourth-order valence-electron chi connectivity index (χ4n) is 1.14. The first-order valence-electron chi connectivity index (χ1n) is 4.28. The highest BCUT2D eigenvalue weighted by atomic mass is 19.4. The lowest BCUT2D eigenvalue weighted by Crippen LogP contribution is -2.39. The molecule has 0 saturated heterocycles. The van der Waals surface area contributed by atoms with Crippen LogP contribution in [0.2, 0.25) is 0 Å². The summed E-state index contributed by atoms with van der Waals surface area (Å²) in [6, 6.07) is -2.69. The highest BCUT2D eigenvalue weighted by Crippen LogP contribution is 2.25. The van der Waals surface area contributed by atoms with Crippen LogP contribution in [0.3, 0.4) is 0 Å². The number of hydrogen-bond acceptors (Lipinski definition) is 1. The van der Waals surface area contributed by atoms with E-state index in [4.69, 9.17) is 0 Å². The summed E-state index contributed by atoms with van der Waals surface area (Å²) in [5.74, 6) is -7.28. The Morgan fingerprint density at radius 2 is 1.41 bits per heavy atom. The molecule has 0 aliphatic carbocycles. The average Bonchev–Trinajstić information content (AvgIpc) is 2.20. The smallest absolute Gasteiger partial charge is 0.320 e. The molecule has 0 aliphatic heterocycles. The summed E-state index contributed by atoms with van der Waals surface area (Å²) < 4.78 is 87.4. The molecule has 8 heteroatoms. The molecule has 0 aliphatic rings. The second kappa shape index (κ2) is 4.52. The summed E-state index contributed by atoms with van der Waals surface area (Å²) in [5.41, 5.74) is 3.26. The van der Waals surface area contributed by atoms with Gasteiger partial charge < -0.3 is 5.73 Å². The Hall–Kier alpha value is -1.31. The summed E-state index contributed by atoms with van der Waals surface area (Å²) >= 11 is 0. The van der Waals surface area contributed by atoms with Gasteiger partial charge in [-0.2, -0.15) is 13.2 Å². The van der Waals surface area contributed by atoms with Gasteiger partial charge in [0.2, 0.25) is 0 Å². The van der Waals surface area contributed by atoms with Crippen LogP contribution in [0.25, 0.3) is 0 Å². The van der Waals surface area contributed by atoms with Crippen molar-refractivity contribution in [3.8, 4) is 0 Å². The molecular formula is C9H6F7N. The van der Waals surface area contributed by atoms with Crippen LogP contribution >= 0.6 is 0 Å². The quantitative estimate of drug-likeness (QED) is 0.642. The average molecular weight is 261 g/mol. The van der Waals surface area contributed by atoms with Gasteiger partial charge in [0.25, 0.3) is 0 Å². The van der Waals surface area contributed by atoms with E-state index >= 15 is 0 Å². The van der Waals surface area contributed by atoms with E-state index in [1.54, 1.807) is 0 Å². The van der Waals surface area contributed by atoms with Gasteiger partial charge in [-0.15, -0.1) is 0 Å². The minimum atomic E-state index is -4.92. The van der Waals surface area contributed by atoms with Gasteiger partial charge >= 0.3 is 6.18 Å². The molecule has 1 nitrogen and oxygen atoms in total. The van der Waals surface area contributed by atoms with Crippen molar-refractivity contribution in [3.63, 3.8) is 0 Å². The van der Waals surface area contributed by atoms with Crippen LogP contribution in [0, 0.1) is 23.3 Å². The van der Waals surface area contributed by atoms with Gasteiger partial charge in [-0.05, 0) is 0 Å². The topological polar surface area (TPSA) is 26.0 Å². The van der Waals surface area contributed by atoms with Gasteiger partial charge in [-0.1, -0.05) is 0 Å². The van der Waals surface area contributed by atoms with Gasteiger partial charge in [0.15, 0.2) is 23.3 Å². The van der Waals surface area contributed by atoms with E-state index in [9.17, 15) is 30.7 Å². The summed E-state index contributed by atoms with van der Waals surface area (Å²) in [5, 5.41) is 0. The lowest BCUT2D eigenvalue weighted by molar-refractivity contribution is -0.147. The lowest BCUT2D eigenvalue weighted by Gasteiger charge is -2.16. The van der Waals surface area contributed by atoms with Crippen molar-refractivity contribution in [1.82, 2.24) is 0 Å². The normalized spacial score (nSPS) is 13.9. The summed E-state index contributed by atoms with van der Waals surface area (Å²) in [7, 11) is 0. The lowest BCUT2D eigenvalue weighted by atomic mass is 10.0. The fourth-order valence-corrected chi connectivity index (χ4v) is 1.14. The third kappa shape index (κ3) is 2.87. The van der Waals surface area contributed by atoms with E-state index in [2.05, 4.69) is 5.73 Å². The Labute approximate surface area is 91.0 Å². The zero-order valence-corrected chi connectivity index (χ0v) is 8.08. The molecule has 1 aromatic carbocycles. The molecule has 0 aromatic heterocycles. The first kappa shape index (κ1) is 13.8. The maximum Gasteiger partial charge on any atom is 0.403 e. The third-order valence-electron chi connectivity index (χ3n) is 2.05. The molecule has 1 rings (SSSR count). The SMILES string of the molecule is NC(Cc1c(F)c(F)cc(F)c1F)C(F)(F)F. The fraction of sp³-hybridized carbons (Fsp3) is 0.333. The van der Waals surface area contributed by atoms with E-state index in [0.29, 0.717) is 0 Å². The molecule has 0 saturated carbocycles. The predicted molar refractivity (Wildman–Crippen MR) is 44.0 cm³/mol. The summed E-state index contributed by atoms with van der Waals surface area (Å²) in [6.45, 7) is 0. The highest BCUT2D eigenvalue weighted by Gasteiger charge is 2.38. The highest BCUT2D eigenvalue weighted by molar-refractivity contribution is 5.23. The van der Waals surface area contributed by atoms with Gasteiger partial charge in [-0.3, -0.25) is 0 Å². The van der Waals surface area contributed by atoms with Gasteiger partial charge in [0.05, 0.1) is 0 Å². The van der Waals surface area contributed by atoms with Crippen molar-refractivity contribution in [2.45, 2.75) is 18.6 Å². The van der Waals surface area contributed by atoms with Gasteiger partial charge in [0, 0.05) is 18.1 Å². The van der Waals surface area contributed by atoms with E-state index in [0.717, 1.165) is 0 Å². The number of hydrogen-bond donors (Lipinski definition) is 1. The number of rotatable bonds is 2. The zero-order chi connectivity index (χ0) is 13.4. The molecule has 0 amide bonds. The minimum Gasteiger partial charge on any atom is -0.320 e. The summed E-state index contributed by atoms with van der Waals surface area (Å²) in [6.07, 6.45) is -6.29. The molecule has 96 valence electrons. The number of alkyl halides is 3. The zero-order valence-electron chi connectivity index (χ0n) is 8.08. The van der Waals surface area contributed by atoms with Crippen molar-refractivity contribution in [1.29, 1.82) is 0 Å². The molecule has 0 spiro atoms. The third-order valence-corrected chi connectivity index (χ3v) is 2.05. The molecule has 0 fully saturated rings. The van der Waals surface area contributed by atoms with Gasteiger partial charge in [-0.25, -0.2) is 17.6 Å². The maximum absolute atomic E-state index is 13.0. The van der Waals surface area contributed by atoms with E-state index in [1.807, 2.05) is 0 Å².